The lowest BCUT2D eigenvalue weighted by molar-refractivity contribution is 0.672. The predicted molar refractivity (Wildman–Crippen MR) is 74.5 cm³/mol. The number of aromatic nitrogens is 3. The van der Waals surface area contributed by atoms with Crippen molar-refractivity contribution in [2.45, 2.75) is 39.7 Å². The van der Waals surface area contributed by atoms with Crippen LogP contribution in [0.1, 0.15) is 32.5 Å². The van der Waals surface area contributed by atoms with E-state index in [2.05, 4.69) is 46.5 Å². The molecule has 2 N–H and O–H groups in total. The predicted octanol–water partition coefficient (Wildman–Crippen LogP) is 3.38. The summed E-state index contributed by atoms with van der Waals surface area (Å²) in [5.41, 5.74) is 2.17. The summed E-state index contributed by atoms with van der Waals surface area (Å²) in [6.07, 6.45) is 2.25. The number of anilines is 1. The second-order valence-electron chi connectivity index (χ2n) is 4.48. The molecule has 0 bridgehead atoms. The third kappa shape index (κ3) is 2.88. The van der Waals surface area contributed by atoms with Gasteiger partial charge in [-0.2, -0.15) is 5.10 Å². The molecule has 0 saturated heterocycles. The van der Waals surface area contributed by atoms with E-state index in [0.29, 0.717) is 6.04 Å². The van der Waals surface area contributed by atoms with Crippen molar-refractivity contribution in [2.24, 2.45) is 0 Å². The fraction of sp³-hybridized carbons (Fsp3) is 0.429. The standard InChI is InChI=1S/C14H20N4/c1-4-12(5-2)16-13-8-6-7-11(9-13)14-15-10(3)17-18-14/h6-9,12,16H,4-5H2,1-3H3,(H,15,17,18). The maximum Gasteiger partial charge on any atom is 0.181 e. The Hall–Kier alpha value is -1.84. The number of aryl methyl sites for hydroxylation is 1. The summed E-state index contributed by atoms with van der Waals surface area (Å²) in [7, 11) is 0. The highest BCUT2D eigenvalue weighted by molar-refractivity contribution is 5.62. The Kier molecular flexibility index (Phi) is 3.97. The largest absolute Gasteiger partial charge is 0.382 e. The Morgan fingerprint density at radius 3 is 2.67 bits per heavy atom. The molecular formula is C14H20N4. The van der Waals surface area contributed by atoms with Crippen LogP contribution in [0.25, 0.3) is 11.4 Å². The third-order valence-corrected chi connectivity index (χ3v) is 3.07. The maximum atomic E-state index is 4.35. The molecule has 0 spiro atoms. The second kappa shape index (κ2) is 5.67. The Balaban J connectivity index is 2.19. The number of H-pyrrole nitrogens is 1. The van der Waals surface area contributed by atoms with Crippen LogP contribution in [-0.4, -0.2) is 21.2 Å². The van der Waals surface area contributed by atoms with E-state index in [1.807, 2.05) is 19.1 Å². The van der Waals surface area contributed by atoms with E-state index >= 15 is 0 Å². The Bertz CT molecular complexity index is 500. The Labute approximate surface area is 108 Å². The summed E-state index contributed by atoms with van der Waals surface area (Å²) in [6, 6.07) is 8.77. The zero-order chi connectivity index (χ0) is 13.0. The van der Waals surface area contributed by atoms with E-state index in [1.165, 1.54) is 0 Å². The van der Waals surface area contributed by atoms with Crippen molar-refractivity contribution in [3.63, 3.8) is 0 Å². The summed E-state index contributed by atoms with van der Waals surface area (Å²) >= 11 is 0. The molecule has 0 fully saturated rings. The molecule has 0 atom stereocenters. The average molecular weight is 244 g/mol. The molecular weight excluding hydrogens is 224 g/mol. The molecule has 18 heavy (non-hydrogen) atoms. The van der Waals surface area contributed by atoms with Crippen LogP contribution in [0.2, 0.25) is 0 Å². The van der Waals surface area contributed by atoms with Gasteiger partial charge in [0.25, 0.3) is 0 Å². The lowest BCUT2D eigenvalue weighted by Crippen LogP contribution is -2.16. The number of benzene rings is 1. The zero-order valence-corrected chi connectivity index (χ0v) is 11.2. The molecule has 0 unspecified atom stereocenters. The summed E-state index contributed by atoms with van der Waals surface area (Å²) in [5, 5.41) is 10.6. The number of hydrogen-bond acceptors (Lipinski definition) is 3. The lowest BCUT2D eigenvalue weighted by atomic mass is 10.1. The van der Waals surface area contributed by atoms with Crippen LogP contribution in [-0.2, 0) is 0 Å². The molecule has 0 saturated carbocycles. The van der Waals surface area contributed by atoms with Crippen molar-refractivity contribution < 1.29 is 0 Å². The first-order valence-corrected chi connectivity index (χ1v) is 6.49. The van der Waals surface area contributed by atoms with Crippen molar-refractivity contribution in [2.75, 3.05) is 5.32 Å². The van der Waals surface area contributed by atoms with E-state index in [0.717, 1.165) is 35.7 Å². The average Bonchev–Trinajstić information content (AvgIpc) is 2.83. The molecule has 1 aromatic heterocycles. The Morgan fingerprint density at radius 1 is 1.28 bits per heavy atom. The zero-order valence-electron chi connectivity index (χ0n) is 11.2. The lowest BCUT2D eigenvalue weighted by Gasteiger charge is -2.16. The van der Waals surface area contributed by atoms with Gasteiger partial charge in [-0.05, 0) is 31.9 Å². The molecule has 1 heterocycles. The van der Waals surface area contributed by atoms with Crippen molar-refractivity contribution in [1.82, 2.24) is 15.2 Å². The SMILES string of the molecule is CCC(CC)Nc1cccc(-c2n[nH]c(C)n2)c1. The molecule has 0 amide bonds. The normalized spacial score (nSPS) is 10.9. The summed E-state index contributed by atoms with van der Waals surface area (Å²) in [4.78, 5) is 4.35. The van der Waals surface area contributed by atoms with Crippen LogP contribution in [0.15, 0.2) is 24.3 Å². The highest BCUT2D eigenvalue weighted by Crippen LogP contribution is 2.20. The molecule has 4 heteroatoms. The molecule has 96 valence electrons. The summed E-state index contributed by atoms with van der Waals surface area (Å²) in [6.45, 7) is 6.30. The van der Waals surface area contributed by atoms with Crippen molar-refractivity contribution in [3.05, 3.63) is 30.1 Å². The van der Waals surface area contributed by atoms with E-state index in [4.69, 9.17) is 0 Å². The summed E-state index contributed by atoms with van der Waals surface area (Å²) in [5.74, 6) is 1.59. The first kappa shape index (κ1) is 12.6. The van der Waals surface area contributed by atoms with Crippen molar-refractivity contribution in [3.8, 4) is 11.4 Å². The van der Waals surface area contributed by atoms with Gasteiger partial charge < -0.3 is 5.32 Å². The minimum atomic E-state index is 0.522. The molecule has 0 radical (unpaired) electrons. The number of nitrogens with one attached hydrogen (secondary N) is 2. The van der Waals surface area contributed by atoms with Gasteiger partial charge in [0.1, 0.15) is 5.82 Å². The highest BCUT2D eigenvalue weighted by Gasteiger charge is 2.06. The third-order valence-electron chi connectivity index (χ3n) is 3.07. The van der Waals surface area contributed by atoms with Crippen LogP contribution in [0.5, 0.6) is 0 Å². The topological polar surface area (TPSA) is 53.6 Å². The van der Waals surface area contributed by atoms with Gasteiger partial charge in [-0.3, -0.25) is 5.10 Å². The molecule has 2 aromatic rings. The molecule has 0 aliphatic carbocycles. The second-order valence-corrected chi connectivity index (χ2v) is 4.48. The van der Waals surface area contributed by atoms with Gasteiger partial charge in [-0.25, -0.2) is 4.98 Å². The number of hydrogen-bond donors (Lipinski definition) is 2. The van der Waals surface area contributed by atoms with Crippen LogP contribution in [0.4, 0.5) is 5.69 Å². The highest BCUT2D eigenvalue weighted by atomic mass is 15.2. The van der Waals surface area contributed by atoms with Gasteiger partial charge in [0.05, 0.1) is 0 Å². The first-order chi connectivity index (χ1) is 8.72. The van der Waals surface area contributed by atoms with Crippen molar-refractivity contribution in [1.29, 1.82) is 0 Å². The smallest absolute Gasteiger partial charge is 0.181 e. The van der Waals surface area contributed by atoms with Crippen LogP contribution in [0.3, 0.4) is 0 Å². The maximum absolute atomic E-state index is 4.35. The number of rotatable bonds is 5. The van der Waals surface area contributed by atoms with Gasteiger partial charge in [-0.15, -0.1) is 0 Å². The number of nitrogens with zero attached hydrogens (tertiary/aromatic N) is 2. The van der Waals surface area contributed by atoms with E-state index < -0.39 is 0 Å². The monoisotopic (exact) mass is 244 g/mol. The fourth-order valence-corrected chi connectivity index (χ4v) is 1.95. The first-order valence-electron chi connectivity index (χ1n) is 6.49. The van der Waals surface area contributed by atoms with E-state index in [-0.39, 0.29) is 0 Å². The molecule has 0 aliphatic heterocycles. The molecule has 4 nitrogen and oxygen atoms in total. The molecule has 1 aromatic carbocycles. The van der Waals surface area contributed by atoms with Gasteiger partial charge in [-0.1, -0.05) is 26.0 Å². The minimum Gasteiger partial charge on any atom is -0.382 e. The van der Waals surface area contributed by atoms with E-state index in [9.17, 15) is 0 Å². The number of aromatic amines is 1. The fourth-order valence-electron chi connectivity index (χ4n) is 1.95. The molecule has 0 aliphatic rings. The van der Waals surface area contributed by atoms with Gasteiger partial charge in [0.2, 0.25) is 0 Å². The molecule has 2 rings (SSSR count). The van der Waals surface area contributed by atoms with Gasteiger partial charge in [0.15, 0.2) is 5.82 Å². The summed E-state index contributed by atoms with van der Waals surface area (Å²) < 4.78 is 0. The van der Waals surface area contributed by atoms with Crippen LogP contribution in [0, 0.1) is 6.92 Å². The van der Waals surface area contributed by atoms with Gasteiger partial charge >= 0.3 is 0 Å². The minimum absolute atomic E-state index is 0.522. The van der Waals surface area contributed by atoms with Gasteiger partial charge in [0, 0.05) is 17.3 Å². The Morgan fingerprint density at radius 2 is 2.06 bits per heavy atom. The quantitative estimate of drug-likeness (QED) is 0.847. The van der Waals surface area contributed by atoms with E-state index in [1.54, 1.807) is 0 Å². The van der Waals surface area contributed by atoms with Crippen LogP contribution >= 0.6 is 0 Å². The van der Waals surface area contributed by atoms with Crippen LogP contribution < -0.4 is 5.32 Å². The van der Waals surface area contributed by atoms with Crippen molar-refractivity contribution >= 4 is 5.69 Å².